The SMILES string of the molecule is COCCn1nc(C)c(-c2ccc(-c3cnc(C(=O)Nc4ccc(C(=O)NC5[C@H]6CNC[C@@H]56)c(Cl)c4)n3C)c(F)c2F)c1C. The van der Waals surface area contributed by atoms with Crippen LogP contribution in [-0.2, 0) is 18.3 Å². The summed E-state index contributed by atoms with van der Waals surface area (Å²) >= 11 is 6.39. The van der Waals surface area contributed by atoms with Crippen LogP contribution in [0.1, 0.15) is 32.4 Å². The second-order valence-electron chi connectivity index (χ2n) is 11.2. The molecule has 2 fully saturated rings. The molecule has 13 heteroatoms. The van der Waals surface area contributed by atoms with Crippen molar-refractivity contribution in [2.45, 2.75) is 26.4 Å². The van der Waals surface area contributed by atoms with E-state index in [1.54, 1.807) is 44.8 Å². The number of hydrogen-bond acceptors (Lipinski definition) is 6. The summed E-state index contributed by atoms with van der Waals surface area (Å²) in [5, 5.41) is 13.7. The average Bonchev–Trinajstić information content (AvgIpc) is 3.33. The van der Waals surface area contributed by atoms with Gasteiger partial charge < -0.3 is 25.3 Å². The van der Waals surface area contributed by atoms with E-state index in [4.69, 9.17) is 16.3 Å². The first kappa shape index (κ1) is 29.9. The van der Waals surface area contributed by atoms with Gasteiger partial charge in [0.1, 0.15) is 0 Å². The first-order valence-electron chi connectivity index (χ1n) is 14.3. The van der Waals surface area contributed by atoms with Crippen molar-refractivity contribution in [1.29, 1.82) is 0 Å². The van der Waals surface area contributed by atoms with E-state index in [9.17, 15) is 9.59 Å². The summed E-state index contributed by atoms with van der Waals surface area (Å²) in [5.74, 6) is -2.02. The van der Waals surface area contributed by atoms with Gasteiger partial charge in [0, 0.05) is 61.4 Å². The van der Waals surface area contributed by atoms with E-state index in [-0.39, 0.29) is 39.6 Å². The van der Waals surface area contributed by atoms with E-state index < -0.39 is 17.5 Å². The summed E-state index contributed by atoms with van der Waals surface area (Å²) in [7, 11) is 3.12. The smallest absolute Gasteiger partial charge is 0.291 e. The van der Waals surface area contributed by atoms with E-state index in [0.717, 1.165) is 13.1 Å². The number of nitrogens with one attached hydrogen (secondary N) is 3. The molecule has 0 radical (unpaired) electrons. The molecule has 6 rings (SSSR count). The lowest BCUT2D eigenvalue weighted by Gasteiger charge is -2.12. The first-order valence-corrected chi connectivity index (χ1v) is 14.6. The highest BCUT2D eigenvalue weighted by Gasteiger charge is 2.53. The number of piperidine rings is 1. The number of fused-ring (bicyclic) bond motifs is 1. The van der Waals surface area contributed by atoms with Gasteiger partial charge in [0.2, 0.25) is 0 Å². The van der Waals surface area contributed by atoms with Gasteiger partial charge in [-0.05, 0) is 49.9 Å². The molecule has 0 bridgehead atoms. The highest BCUT2D eigenvalue weighted by Crippen LogP contribution is 2.42. The number of halogens is 3. The number of ether oxygens (including phenoxy) is 1. The van der Waals surface area contributed by atoms with E-state index in [1.165, 1.54) is 29.0 Å². The molecule has 1 saturated carbocycles. The minimum atomic E-state index is -1.06. The third-order valence-electron chi connectivity index (χ3n) is 8.57. The number of carbonyl (C=O) groups excluding carboxylic acids is 2. The van der Waals surface area contributed by atoms with Gasteiger partial charge >= 0.3 is 0 Å². The van der Waals surface area contributed by atoms with Crippen molar-refractivity contribution < 1.29 is 23.1 Å². The zero-order valence-electron chi connectivity index (χ0n) is 24.7. The van der Waals surface area contributed by atoms with Gasteiger partial charge in [-0.1, -0.05) is 17.7 Å². The zero-order valence-corrected chi connectivity index (χ0v) is 25.4. The highest BCUT2D eigenvalue weighted by atomic mass is 35.5. The number of methoxy groups -OCH3 is 1. The van der Waals surface area contributed by atoms with Gasteiger partial charge in [-0.2, -0.15) is 5.10 Å². The molecule has 2 aliphatic rings. The van der Waals surface area contributed by atoms with Crippen molar-refractivity contribution >= 4 is 29.1 Å². The molecule has 230 valence electrons. The molecule has 10 nitrogen and oxygen atoms in total. The lowest BCUT2D eigenvalue weighted by atomic mass is 10.00. The Morgan fingerprint density at radius 3 is 2.50 bits per heavy atom. The Morgan fingerprint density at radius 2 is 1.80 bits per heavy atom. The molecule has 3 heterocycles. The first-order chi connectivity index (χ1) is 21.1. The van der Waals surface area contributed by atoms with Gasteiger partial charge in [-0.15, -0.1) is 0 Å². The third kappa shape index (κ3) is 5.27. The Hall–Kier alpha value is -4.13. The maximum absolute atomic E-state index is 15.5. The summed E-state index contributed by atoms with van der Waals surface area (Å²) in [6.45, 7) is 6.26. The van der Waals surface area contributed by atoms with Crippen molar-refractivity contribution in [2.75, 3.05) is 32.1 Å². The predicted molar refractivity (Wildman–Crippen MR) is 162 cm³/mol. The van der Waals surface area contributed by atoms with Crippen LogP contribution in [0, 0.1) is 37.3 Å². The van der Waals surface area contributed by atoms with Crippen molar-refractivity contribution in [1.82, 2.24) is 30.0 Å². The van der Waals surface area contributed by atoms with E-state index in [0.29, 0.717) is 53.2 Å². The van der Waals surface area contributed by atoms with E-state index >= 15 is 8.78 Å². The van der Waals surface area contributed by atoms with Crippen molar-refractivity contribution in [2.24, 2.45) is 18.9 Å². The van der Waals surface area contributed by atoms with Gasteiger partial charge in [0.15, 0.2) is 17.5 Å². The molecule has 2 aromatic carbocycles. The molecule has 2 amide bonds. The van der Waals surface area contributed by atoms with Crippen LogP contribution in [0.25, 0.3) is 22.4 Å². The van der Waals surface area contributed by atoms with Crippen molar-refractivity contribution in [3.05, 3.63) is 76.0 Å². The standard InChI is InChI=1S/C31H32ClF2N7O3/c1-15-25(16(2)41(39-15)9-10-44-4)20-8-7-19(26(33)27(20)34)24-14-36-29(40(24)3)31(43)37-17-5-6-18(23(32)11-17)30(42)38-28-21-12-35-13-22(21)28/h5-8,11,14,21-22,28,35H,9-10,12-13H2,1-4H3,(H,37,43)(H,38,42)/t21-,22+,28?. The second kappa shape index (κ2) is 11.8. The number of aryl methyl sites for hydroxylation is 1. The number of nitrogens with zero attached hydrogens (tertiary/aromatic N) is 4. The second-order valence-corrected chi connectivity index (χ2v) is 11.6. The topological polar surface area (TPSA) is 115 Å². The third-order valence-corrected chi connectivity index (χ3v) is 8.88. The van der Waals surface area contributed by atoms with E-state index in [1.807, 2.05) is 0 Å². The number of benzene rings is 2. The molecule has 3 N–H and O–H groups in total. The van der Waals surface area contributed by atoms with Crippen molar-refractivity contribution in [3.8, 4) is 22.4 Å². The number of aromatic nitrogens is 4. The minimum Gasteiger partial charge on any atom is -0.383 e. The number of amides is 2. The van der Waals surface area contributed by atoms with Crippen LogP contribution in [0.2, 0.25) is 5.02 Å². The van der Waals surface area contributed by atoms with Gasteiger partial charge in [0.25, 0.3) is 11.8 Å². The lowest BCUT2D eigenvalue weighted by Crippen LogP contribution is -2.32. The Labute approximate surface area is 257 Å². The lowest BCUT2D eigenvalue weighted by molar-refractivity contribution is 0.0946. The quantitative estimate of drug-likeness (QED) is 0.256. The number of rotatable bonds is 9. The molecule has 4 aromatic rings. The van der Waals surface area contributed by atoms with Crippen LogP contribution < -0.4 is 16.0 Å². The molecule has 1 saturated heterocycles. The molecule has 1 aliphatic heterocycles. The summed E-state index contributed by atoms with van der Waals surface area (Å²) in [4.78, 5) is 30.0. The Bertz CT molecular complexity index is 1780. The normalized spacial score (nSPS) is 18.8. The molecule has 1 aliphatic carbocycles. The van der Waals surface area contributed by atoms with Crippen LogP contribution >= 0.6 is 11.6 Å². The fourth-order valence-corrected chi connectivity index (χ4v) is 6.39. The van der Waals surface area contributed by atoms with Gasteiger partial charge in [-0.25, -0.2) is 13.8 Å². The van der Waals surface area contributed by atoms with Crippen LogP contribution in [-0.4, -0.2) is 64.0 Å². The molecular formula is C31H32ClF2N7O3. The molecule has 0 spiro atoms. The molecule has 3 atom stereocenters. The maximum atomic E-state index is 15.5. The summed E-state index contributed by atoms with van der Waals surface area (Å²) < 4.78 is 39.2. The fourth-order valence-electron chi connectivity index (χ4n) is 6.12. The van der Waals surface area contributed by atoms with Crippen LogP contribution in [0.4, 0.5) is 14.5 Å². The average molecular weight is 624 g/mol. The van der Waals surface area contributed by atoms with E-state index in [2.05, 4.69) is 26.0 Å². The van der Waals surface area contributed by atoms with Gasteiger partial charge in [-0.3, -0.25) is 14.3 Å². The fraction of sp³-hybridized carbons (Fsp3) is 0.355. The molecule has 44 heavy (non-hydrogen) atoms. The summed E-state index contributed by atoms with van der Waals surface area (Å²) in [6, 6.07) is 7.75. The summed E-state index contributed by atoms with van der Waals surface area (Å²) in [5.41, 5.74) is 2.72. The van der Waals surface area contributed by atoms with Crippen LogP contribution in [0.3, 0.4) is 0 Å². The molecule has 2 aromatic heterocycles. The minimum absolute atomic E-state index is 0.0261. The maximum Gasteiger partial charge on any atom is 0.291 e. The molecular weight excluding hydrogens is 592 g/mol. The number of carbonyl (C=O) groups is 2. The number of anilines is 1. The Balaban J connectivity index is 1.18. The number of imidazole rings is 1. The largest absolute Gasteiger partial charge is 0.383 e. The predicted octanol–water partition coefficient (Wildman–Crippen LogP) is 4.35. The number of hydrogen-bond donors (Lipinski definition) is 3. The van der Waals surface area contributed by atoms with Crippen molar-refractivity contribution in [3.63, 3.8) is 0 Å². The van der Waals surface area contributed by atoms with Crippen LogP contribution in [0.15, 0.2) is 36.5 Å². The van der Waals surface area contributed by atoms with Crippen LogP contribution in [0.5, 0.6) is 0 Å². The van der Waals surface area contributed by atoms with Gasteiger partial charge in [0.05, 0.1) is 41.3 Å². The Kier molecular flexibility index (Phi) is 7.99. The Morgan fingerprint density at radius 1 is 1.09 bits per heavy atom. The highest BCUT2D eigenvalue weighted by molar-refractivity contribution is 6.34. The monoisotopic (exact) mass is 623 g/mol. The molecule has 1 unspecified atom stereocenters. The summed E-state index contributed by atoms with van der Waals surface area (Å²) in [6.07, 6.45) is 1.31. The zero-order chi connectivity index (χ0) is 31.3.